The average Bonchev–Trinajstić information content (AvgIpc) is 2.88. The molecule has 4 rings (SSSR count). The van der Waals surface area contributed by atoms with Gasteiger partial charge in [-0.1, -0.05) is 54.1 Å². The van der Waals surface area contributed by atoms with Crippen molar-refractivity contribution >= 4 is 40.2 Å². The normalized spacial score (nSPS) is 10.6. The Morgan fingerprint density at radius 2 is 1.74 bits per heavy atom. The summed E-state index contributed by atoms with van der Waals surface area (Å²) < 4.78 is 10.5. The number of benzene rings is 3. The summed E-state index contributed by atoms with van der Waals surface area (Å²) in [4.78, 5) is 28.8. The first-order chi connectivity index (χ1) is 17.0. The minimum atomic E-state index is -0.505. The number of aromatic nitrogens is 1. The molecule has 0 aliphatic carbocycles. The van der Waals surface area contributed by atoms with Crippen molar-refractivity contribution in [1.29, 1.82) is 0 Å². The largest absolute Gasteiger partial charge is 0.481 e. The van der Waals surface area contributed by atoms with E-state index in [9.17, 15) is 9.59 Å². The average molecular weight is 490 g/mol. The van der Waals surface area contributed by atoms with Gasteiger partial charge in [0.1, 0.15) is 5.75 Å². The van der Waals surface area contributed by atoms with E-state index in [4.69, 9.17) is 26.1 Å². The lowest BCUT2D eigenvalue weighted by atomic mass is 10.1. The van der Waals surface area contributed by atoms with Crippen LogP contribution in [0.5, 0.6) is 5.75 Å². The molecule has 1 heterocycles. The standard InChI is InChI=1S/C27H24ClN3O4/c1-34-26(32)17-35-25-16-24(19-7-9-20(28)10-8-19)31-23-12-11-21(15-22(23)25)30-27(33)29-14-13-18-5-3-2-4-6-18/h2-12,15-16H,13-14,17H2,1H3,(H2,29,30,33). The van der Waals surface area contributed by atoms with E-state index in [0.717, 1.165) is 17.5 Å². The van der Waals surface area contributed by atoms with E-state index in [1.807, 2.05) is 42.5 Å². The summed E-state index contributed by atoms with van der Waals surface area (Å²) in [6.07, 6.45) is 0.731. The molecule has 35 heavy (non-hydrogen) atoms. The smallest absolute Gasteiger partial charge is 0.343 e. The lowest BCUT2D eigenvalue weighted by Crippen LogP contribution is -2.30. The number of halogens is 1. The number of amides is 2. The van der Waals surface area contributed by atoms with Gasteiger partial charge in [0.25, 0.3) is 0 Å². The molecule has 3 aromatic carbocycles. The van der Waals surface area contributed by atoms with Crippen molar-refractivity contribution < 1.29 is 19.1 Å². The topological polar surface area (TPSA) is 89.6 Å². The van der Waals surface area contributed by atoms with E-state index in [2.05, 4.69) is 10.6 Å². The molecule has 0 spiro atoms. The Labute approximate surface area is 208 Å². The number of ether oxygens (including phenoxy) is 2. The lowest BCUT2D eigenvalue weighted by molar-refractivity contribution is -0.142. The zero-order valence-electron chi connectivity index (χ0n) is 19.1. The number of urea groups is 1. The highest BCUT2D eigenvalue weighted by Crippen LogP contribution is 2.32. The minimum Gasteiger partial charge on any atom is -0.481 e. The van der Waals surface area contributed by atoms with Gasteiger partial charge in [0.05, 0.1) is 18.3 Å². The number of esters is 1. The highest BCUT2D eigenvalue weighted by molar-refractivity contribution is 6.30. The van der Waals surface area contributed by atoms with Crippen LogP contribution in [0.25, 0.3) is 22.2 Å². The monoisotopic (exact) mass is 489 g/mol. The van der Waals surface area contributed by atoms with Gasteiger partial charge >= 0.3 is 12.0 Å². The number of hydrogen-bond donors (Lipinski definition) is 2. The molecule has 2 amide bonds. The number of nitrogens with zero attached hydrogens (tertiary/aromatic N) is 1. The second-order valence-corrected chi connectivity index (χ2v) is 8.16. The maximum atomic E-state index is 12.4. The summed E-state index contributed by atoms with van der Waals surface area (Å²) in [7, 11) is 1.30. The Balaban J connectivity index is 1.54. The highest BCUT2D eigenvalue weighted by Gasteiger charge is 2.13. The summed E-state index contributed by atoms with van der Waals surface area (Å²) in [6.45, 7) is 0.246. The number of carbonyl (C=O) groups excluding carboxylic acids is 2. The molecule has 0 saturated heterocycles. The minimum absolute atomic E-state index is 0.257. The lowest BCUT2D eigenvalue weighted by Gasteiger charge is -2.13. The van der Waals surface area contributed by atoms with Crippen LogP contribution < -0.4 is 15.4 Å². The first kappa shape index (κ1) is 24.0. The van der Waals surface area contributed by atoms with Gasteiger partial charge in [0, 0.05) is 34.3 Å². The summed E-state index contributed by atoms with van der Waals surface area (Å²) in [6, 6.07) is 24.0. The Morgan fingerprint density at radius 3 is 2.49 bits per heavy atom. The summed E-state index contributed by atoms with van der Waals surface area (Å²) in [5.41, 5.74) is 3.87. The molecule has 0 atom stereocenters. The van der Waals surface area contributed by atoms with Crippen LogP contribution in [0.2, 0.25) is 5.02 Å². The number of pyridine rings is 1. The Bertz CT molecular complexity index is 1330. The fourth-order valence-electron chi connectivity index (χ4n) is 3.50. The van der Waals surface area contributed by atoms with Crippen LogP contribution in [0.3, 0.4) is 0 Å². The molecular formula is C27H24ClN3O4. The van der Waals surface area contributed by atoms with Gasteiger partial charge in [-0.3, -0.25) is 0 Å². The van der Waals surface area contributed by atoms with E-state index < -0.39 is 5.97 Å². The SMILES string of the molecule is COC(=O)COc1cc(-c2ccc(Cl)cc2)nc2ccc(NC(=O)NCCc3ccccc3)cc12. The third-order valence-corrected chi connectivity index (χ3v) is 5.54. The van der Waals surface area contributed by atoms with Gasteiger partial charge in [-0.05, 0) is 42.3 Å². The summed E-state index contributed by atoms with van der Waals surface area (Å²) >= 11 is 6.01. The molecule has 0 bridgehead atoms. The number of hydrogen-bond acceptors (Lipinski definition) is 5. The van der Waals surface area contributed by atoms with Gasteiger partial charge in [0.2, 0.25) is 0 Å². The van der Waals surface area contributed by atoms with Crippen LogP contribution in [0.1, 0.15) is 5.56 Å². The van der Waals surface area contributed by atoms with Gasteiger partial charge in [-0.25, -0.2) is 14.6 Å². The number of fused-ring (bicyclic) bond motifs is 1. The van der Waals surface area contributed by atoms with Crippen LogP contribution in [-0.2, 0) is 16.0 Å². The van der Waals surface area contributed by atoms with Crippen LogP contribution in [0.15, 0.2) is 78.9 Å². The van der Waals surface area contributed by atoms with Crippen molar-refractivity contribution in [1.82, 2.24) is 10.3 Å². The summed E-state index contributed by atoms with van der Waals surface area (Å²) in [5.74, 6) is -0.0615. The molecule has 8 heteroatoms. The van der Waals surface area contributed by atoms with Gasteiger partial charge in [-0.15, -0.1) is 0 Å². The number of rotatable bonds is 8. The third-order valence-electron chi connectivity index (χ3n) is 5.28. The van der Waals surface area contributed by atoms with Crippen molar-refractivity contribution in [2.45, 2.75) is 6.42 Å². The zero-order chi connectivity index (χ0) is 24.6. The molecule has 0 saturated carbocycles. The van der Waals surface area contributed by atoms with Crippen molar-refractivity contribution in [3.63, 3.8) is 0 Å². The van der Waals surface area contributed by atoms with Gasteiger partial charge < -0.3 is 20.1 Å². The van der Waals surface area contributed by atoms with E-state index >= 15 is 0 Å². The van der Waals surface area contributed by atoms with Crippen LogP contribution in [-0.4, -0.2) is 37.2 Å². The maximum absolute atomic E-state index is 12.4. The van der Waals surface area contributed by atoms with E-state index in [1.54, 1.807) is 36.4 Å². The molecule has 0 radical (unpaired) electrons. The van der Waals surface area contributed by atoms with E-state index in [0.29, 0.717) is 39.6 Å². The number of anilines is 1. The Hall–Kier alpha value is -4.10. The molecule has 0 aliphatic heterocycles. The van der Waals surface area contributed by atoms with Crippen molar-refractivity contribution in [2.24, 2.45) is 0 Å². The van der Waals surface area contributed by atoms with Crippen molar-refractivity contribution in [3.05, 3.63) is 89.4 Å². The van der Waals surface area contributed by atoms with Crippen LogP contribution >= 0.6 is 11.6 Å². The zero-order valence-corrected chi connectivity index (χ0v) is 19.8. The quantitative estimate of drug-likeness (QED) is 0.320. The van der Waals surface area contributed by atoms with Gasteiger partial charge in [-0.2, -0.15) is 0 Å². The molecular weight excluding hydrogens is 466 g/mol. The Kier molecular flexibility index (Phi) is 7.80. The highest BCUT2D eigenvalue weighted by atomic mass is 35.5. The predicted molar refractivity (Wildman–Crippen MR) is 137 cm³/mol. The number of carbonyl (C=O) groups is 2. The summed E-state index contributed by atoms with van der Waals surface area (Å²) in [5, 5.41) is 6.96. The fraction of sp³-hybridized carbons (Fsp3) is 0.148. The predicted octanol–water partition coefficient (Wildman–Crippen LogP) is 5.47. The van der Waals surface area contributed by atoms with Crippen LogP contribution in [0.4, 0.5) is 10.5 Å². The molecule has 2 N–H and O–H groups in total. The molecule has 178 valence electrons. The molecule has 0 unspecified atom stereocenters. The molecule has 0 aliphatic rings. The second kappa shape index (κ2) is 11.4. The first-order valence-electron chi connectivity index (χ1n) is 11.0. The van der Waals surface area contributed by atoms with Crippen LogP contribution in [0, 0.1) is 0 Å². The fourth-order valence-corrected chi connectivity index (χ4v) is 3.62. The van der Waals surface area contributed by atoms with Crippen molar-refractivity contribution in [2.75, 3.05) is 25.6 Å². The van der Waals surface area contributed by atoms with Crippen molar-refractivity contribution in [3.8, 4) is 17.0 Å². The maximum Gasteiger partial charge on any atom is 0.343 e. The number of nitrogens with one attached hydrogen (secondary N) is 2. The third kappa shape index (κ3) is 6.49. The number of methoxy groups -OCH3 is 1. The first-order valence-corrected chi connectivity index (χ1v) is 11.4. The molecule has 0 fully saturated rings. The molecule has 1 aromatic heterocycles. The molecule has 4 aromatic rings. The Morgan fingerprint density at radius 1 is 0.971 bits per heavy atom. The molecule has 7 nitrogen and oxygen atoms in total. The van der Waals surface area contributed by atoms with E-state index in [1.165, 1.54) is 7.11 Å². The van der Waals surface area contributed by atoms with Gasteiger partial charge in [0.15, 0.2) is 6.61 Å². The second-order valence-electron chi connectivity index (χ2n) is 7.73. The van der Waals surface area contributed by atoms with E-state index in [-0.39, 0.29) is 12.6 Å².